The van der Waals surface area contributed by atoms with Gasteiger partial charge in [0.05, 0.1) is 5.56 Å². The summed E-state index contributed by atoms with van der Waals surface area (Å²) in [5.74, 6) is -0.897. The van der Waals surface area contributed by atoms with Crippen molar-refractivity contribution in [3.05, 3.63) is 35.1 Å². The number of aryl methyl sites for hydroxylation is 1. The van der Waals surface area contributed by atoms with Crippen LogP contribution in [0.4, 0.5) is 4.39 Å². The van der Waals surface area contributed by atoms with Gasteiger partial charge in [0.15, 0.2) is 0 Å². The van der Waals surface area contributed by atoms with Gasteiger partial charge >= 0.3 is 0 Å². The molecule has 1 amide bonds. The second kappa shape index (κ2) is 5.27. The van der Waals surface area contributed by atoms with Gasteiger partial charge in [-0.2, -0.15) is 0 Å². The molecule has 0 unspecified atom stereocenters. The lowest BCUT2D eigenvalue weighted by molar-refractivity contribution is 0.0934. The van der Waals surface area contributed by atoms with E-state index in [0.29, 0.717) is 13.1 Å². The maximum atomic E-state index is 13.4. The molecule has 1 aromatic rings. The molecule has 0 aliphatic carbocycles. The first kappa shape index (κ1) is 13.6. The minimum atomic E-state index is -0.501. The lowest BCUT2D eigenvalue weighted by Crippen LogP contribution is -2.38. The van der Waals surface area contributed by atoms with Gasteiger partial charge in [0.1, 0.15) is 5.82 Å². The molecule has 0 saturated carbocycles. The number of nitrogens with one attached hydrogen (secondary N) is 1. The Bertz CT molecular complexity index is 416. The minimum absolute atomic E-state index is 0.0813. The van der Waals surface area contributed by atoms with Gasteiger partial charge < -0.3 is 11.1 Å². The van der Waals surface area contributed by atoms with Crippen LogP contribution in [0, 0.1) is 18.2 Å². The van der Waals surface area contributed by atoms with Crippen molar-refractivity contribution in [3.63, 3.8) is 0 Å². The molecule has 0 aliphatic rings. The van der Waals surface area contributed by atoms with E-state index in [-0.39, 0.29) is 11.0 Å². The second-order valence-electron chi connectivity index (χ2n) is 5.03. The predicted octanol–water partition coefficient (Wildman–Crippen LogP) is 1.85. The van der Waals surface area contributed by atoms with Crippen LogP contribution in [0.1, 0.15) is 29.8 Å². The van der Waals surface area contributed by atoms with E-state index in [4.69, 9.17) is 5.73 Å². The van der Waals surface area contributed by atoms with E-state index in [0.717, 1.165) is 5.56 Å². The van der Waals surface area contributed by atoms with Gasteiger partial charge in [0, 0.05) is 6.54 Å². The summed E-state index contributed by atoms with van der Waals surface area (Å²) in [6.45, 7) is 6.60. The molecule has 4 heteroatoms. The van der Waals surface area contributed by atoms with Crippen LogP contribution in [0.15, 0.2) is 18.2 Å². The number of carbonyl (C=O) groups is 1. The summed E-state index contributed by atoms with van der Waals surface area (Å²) >= 11 is 0. The Morgan fingerprint density at radius 2 is 2.12 bits per heavy atom. The molecule has 94 valence electrons. The Kier molecular flexibility index (Phi) is 4.23. The van der Waals surface area contributed by atoms with E-state index in [2.05, 4.69) is 5.32 Å². The van der Waals surface area contributed by atoms with Gasteiger partial charge in [-0.1, -0.05) is 25.5 Å². The molecule has 0 spiro atoms. The molecular formula is C13H19FN2O. The summed E-state index contributed by atoms with van der Waals surface area (Å²) in [5.41, 5.74) is 6.31. The topological polar surface area (TPSA) is 55.1 Å². The van der Waals surface area contributed by atoms with Gasteiger partial charge in [-0.05, 0) is 31.0 Å². The lowest BCUT2D eigenvalue weighted by Gasteiger charge is -2.22. The molecule has 17 heavy (non-hydrogen) atoms. The third kappa shape index (κ3) is 3.82. The average molecular weight is 238 g/mol. The highest BCUT2D eigenvalue weighted by molar-refractivity contribution is 5.94. The highest BCUT2D eigenvalue weighted by Gasteiger charge is 2.18. The normalized spacial score (nSPS) is 11.4. The van der Waals surface area contributed by atoms with Crippen molar-refractivity contribution in [3.8, 4) is 0 Å². The quantitative estimate of drug-likeness (QED) is 0.841. The van der Waals surface area contributed by atoms with Crippen LogP contribution in [-0.4, -0.2) is 19.0 Å². The highest BCUT2D eigenvalue weighted by Crippen LogP contribution is 2.13. The zero-order chi connectivity index (χ0) is 13.1. The number of rotatable bonds is 4. The summed E-state index contributed by atoms with van der Waals surface area (Å²) in [6.07, 6.45) is 0. The predicted molar refractivity (Wildman–Crippen MR) is 66.3 cm³/mol. The van der Waals surface area contributed by atoms with Crippen molar-refractivity contribution in [2.24, 2.45) is 11.1 Å². The Hall–Kier alpha value is -1.42. The van der Waals surface area contributed by atoms with Crippen LogP contribution < -0.4 is 11.1 Å². The average Bonchev–Trinajstić information content (AvgIpc) is 2.29. The van der Waals surface area contributed by atoms with E-state index >= 15 is 0 Å². The summed E-state index contributed by atoms with van der Waals surface area (Å²) < 4.78 is 13.4. The van der Waals surface area contributed by atoms with Crippen LogP contribution in [0.2, 0.25) is 0 Å². The van der Waals surface area contributed by atoms with Crippen molar-refractivity contribution >= 4 is 5.91 Å². The van der Waals surface area contributed by atoms with Crippen LogP contribution in [0.25, 0.3) is 0 Å². The smallest absolute Gasteiger partial charge is 0.254 e. The van der Waals surface area contributed by atoms with E-state index in [1.54, 1.807) is 12.1 Å². The Labute approximate surface area is 101 Å². The molecule has 0 heterocycles. The molecule has 0 aliphatic heterocycles. The van der Waals surface area contributed by atoms with E-state index in [1.165, 1.54) is 6.07 Å². The maximum Gasteiger partial charge on any atom is 0.254 e. The second-order valence-corrected chi connectivity index (χ2v) is 5.03. The third-order valence-electron chi connectivity index (χ3n) is 2.65. The van der Waals surface area contributed by atoms with Crippen LogP contribution in [-0.2, 0) is 0 Å². The fourth-order valence-electron chi connectivity index (χ4n) is 1.30. The zero-order valence-corrected chi connectivity index (χ0v) is 10.5. The van der Waals surface area contributed by atoms with Gasteiger partial charge in [0.25, 0.3) is 5.91 Å². The summed E-state index contributed by atoms with van der Waals surface area (Å²) in [4.78, 5) is 11.8. The van der Waals surface area contributed by atoms with E-state index in [1.807, 2.05) is 20.8 Å². The molecule has 0 fully saturated rings. The number of hydrogen-bond donors (Lipinski definition) is 2. The first-order valence-electron chi connectivity index (χ1n) is 5.60. The Morgan fingerprint density at radius 1 is 1.47 bits per heavy atom. The van der Waals surface area contributed by atoms with Gasteiger partial charge in [0.2, 0.25) is 0 Å². The summed E-state index contributed by atoms with van der Waals surface area (Å²) in [5, 5.41) is 2.70. The zero-order valence-electron chi connectivity index (χ0n) is 10.5. The molecule has 0 radical (unpaired) electrons. The summed E-state index contributed by atoms with van der Waals surface area (Å²) in [6, 6.07) is 4.48. The molecule has 0 atom stereocenters. The van der Waals surface area contributed by atoms with Crippen LogP contribution in [0.3, 0.4) is 0 Å². The fourth-order valence-corrected chi connectivity index (χ4v) is 1.30. The van der Waals surface area contributed by atoms with Gasteiger partial charge in [-0.3, -0.25) is 4.79 Å². The highest BCUT2D eigenvalue weighted by atomic mass is 19.1. The van der Waals surface area contributed by atoms with Crippen molar-refractivity contribution in [1.29, 1.82) is 0 Å². The molecule has 0 saturated heterocycles. The fraction of sp³-hybridized carbons (Fsp3) is 0.462. The molecule has 1 aromatic carbocycles. The van der Waals surface area contributed by atoms with E-state index in [9.17, 15) is 9.18 Å². The number of halogens is 1. The van der Waals surface area contributed by atoms with Crippen molar-refractivity contribution in [1.82, 2.24) is 5.32 Å². The molecule has 3 nitrogen and oxygen atoms in total. The number of nitrogens with two attached hydrogens (primary N) is 1. The van der Waals surface area contributed by atoms with Crippen molar-refractivity contribution in [2.75, 3.05) is 13.1 Å². The lowest BCUT2D eigenvalue weighted by atomic mass is 9.94. The maximum absolute atomic E-state index is 13.4. The monoisotopic (exact) mass is 238 g/mol. The van der Waals surface area contributed by atoms with Crippen molar-refractivity contribution in [2.45, 2.75) is 20.8 Å². The molecule has 1 rings (SSSR count). The summed E-state index contributed by atoms with van der Waals surface area (Å²) in [7, 11) is 0. The first-order valence-corrected chi connectivity index (χ1v) is 5.60. The number of hydrogen-bond acceptors (Lipinski definition) is 2. The molecular weight excluding hydrogens is 219 g/mol. The molecule has 0 aromatic heterocycles. The molecule has 3 N–H and O–H groups in total. The van der Waals surface area contributed by atoms with Gasteiger partial charge in [-0.15, -0.1) is 0 Å². The third-order valence-corrected chi connectivity index (χ3v) is 2.65. The number of amides is 1. The largest absolute Gasteiger partial charge is 0.351 e. The Morgan fingerprint density at radius 3 is 2.71 bits per heavy atom. The SMILES string of the molecule is Cc1ccc(F)c(C(=O)NCC(C)(C)CN)c1. The number of carbonyl (C=O) groups excluding carboxylic acids is 1. The Balaban J connectivity index is 2.74. The van der Waals surface area contributed by atoms with Crippen LogP contribution in [0.5, 0.6) is 0 Å². The number of benzene rings is 1. The molecule has 0 bridgehead atoms. The van der Waals surface area contributed by atoms with E-state index < -0.39 is 11.7 Å². The van der Waals surface area contributed by atoms with Crippen molar-refractivity contribution < 1.29 is 9.18 Å². The standard InChI is InChI=1S/C13H19FN2O/c1-9-4-5-11(14)10(6-9)12(17)16-8-13(2,3)7-15/h4-6H,7-8,15H2,1-3H3,(H,16,17). The van der Waals surface area contributed by atoms with Gasteiger partial charge in [-0.25, -0.2) is 4.39 Å². The van der Waals surface area contributed by atoms with Crippen LogP contribution >= 0.6 is 0 Å². The first-order chi connectivity index (χ1) is 7.85. The minimum Gasteiger partial charge on any atom is -0.351 e.